The van der Waals surface area contributed by atoms with Gasteiger partial charge >= 0.3 is 17.9 Å². The Morgan fingerprint density at radius 2 is 0.512 bits per heavy atom. The lowest BCUT2D eigenvalue weighted by atomic mass is 10.0. The lowest BCUT2D eigenvalue weighted by Crippen LogP contribution is -2.30. The van der Waals surface area contributed by atoms with Crippen LogP contribution >= 0.6 is 0 Å². The van der Waals surface area contributed by atoms with Crippen LogP contribution in [0.25, 0.3) is 0 Å². The maximum Gasteiger partial charge on any atom is 0.306 e. The van der Waals surface area contributed by atoms with E-state index in [4.69, 9.17) is 14.2 Å². The number of carbonyl (C=O) groups excluding carboxylic acids is 3. The quantitative estimate of drug-likeness (QED) is 0.0261. The van der Waals surface area contributed by atoms with Gasteiger partial charge in [-0.1, -0.05) is 303 Å². The molecule has 0 amide bonds. The molecule has 1 unspecified atom stereocenters. The van der Waals surface area contributed by atoms with Gasteiger partial charge in [0, 0.05) is 19.3 Å². The van der Waals surface area contributed by atoms with E-state index in [0.29, 0.717) is 19.3 Å². The number of carbonyl (C=O) groups is 3. The van der Waals surface area contributed by atoms with E-state index in [9.17, 15) is 14.4 Å². The summed E-state index contributed by atoms with van der Waals surface area (Å²) in [4.78, 5) is 38.3. The van der Waals surface area contributed by atoms with Crippen molar-refractivity contribution in [3.8, 4) is 0 Å². The molecule has 0 aromatic heterocycles. The first-order valence-electron chi connectivity index (χ1n) is 33.5. The number of hydrogen-bond acceptors (Lipinski definition) is 6. The van der Waals surface area contributed by atoms with E-state index >= 15 is 0 Å². The predicted octanol–water partition coefficient (Wildman–Crippen LogP) is 23.2. The first-order chi connectivity index (χ1) is 39.5. The van der Waals surface area contributed by atoms with Crippen molar-refractivity contribution < 1.29 is 28.6 Å². The molecule has 456 valence electrons. The minimum atomic E-state index is -0.797. The second kappa shape index (κ2) is 67.3. The normalized spacial score (nSPS) is 12.9. The molecule has 6 nitrogen and oxygen atoms in total. The van der Waals surface area contributed by atoms with Gasteiger partial charge in [0.25, 0.3) is 0 Å². The topological polar surface area (TPSA) is 78.9 Å². The van der Waals surface area contributed by atoms with Crippen LogP contribution in [0.2, 0.25) is 0 Å². The van der Waals surface area contributed by atoms with Gasteiger partial charge in [-0.2, -0.15) is 0 Å². The van der Waals surface area contributed by atoms with Crippen molar-refractivity contribution in [1.82, 2.24) is 0 Å². The highest BCUT2D eigenvalue weighted by atomic mass is 16.6. The van der Waals surface area contributed by atoms with Crippen molar-refractivity contribution in [3.05, 3.63) is 122 Å². The van der Waals surface area contributed by atoms with Crippen LogP contribution in [-0.2, 0) is 28.6 Å². The summed E-state index contributed by atoms with van der Waals surface area (Å²) in [7, 11) is 0. The molecule has 0 fully saturated rings. The first-order valence-corrected chi connectivity index (χ1v) is 33.5. The molecule has 6 heteroatoms. The van der Waals surface area contributed by atoms with E-state index in [1.165, 1.54) is 116 Å². The van der Waals surface area contributed by atoms with Gasteiger partial charge in [-0.15, -0.1) is 0 Å². The molecule has 0 radical (unpaired) electrons. The Kier molecular flexibility index (Phi) is 63.8. The van der Waals surface area contributed by atoms with Crippen LogP contribution in [0.4, 0.5) is 0 Å². The SMILES string of the molecule is CC/C=C\C/C=C\C/C=C\C/C=C\C/C=C\C/C=C\C/C=C\C/C=C\CCCCCCC(=O)OCC(COC(=O)CCCCCCC/C=C\C/C=C\CCC)OC(=O)CCCCCCCCCCCCCCCCCCCCCC. The van der Waals surface area contributed by atoms with Crippen LogP contribution in [0, 0.1) is 0 Å². The second-order valence-corrected chi connectivity index (χ2v) is 22.0. The van der Waals surface area contributed by atoms with Crippen LogP contribution in [0.3, 0.4) is 0 Å². The summed E-state index contributed by atoms with van der Waals surface area (Å²) in [5.41, 5.74) is 0. The Hall–Kier alpha value is -4.19. The smallest absolute Gasteiger partial charge is 0.306 e. The van der Waals surface area contributed by atoms with Gasteiger partial charge in [-0.25, -0.2) is 0 Å². The highest BCUT2D eigenvalue weighted by Crippen LogP contribution is 2.17. The Morgan fingerprint density at radius 3 is 0.812 bits per heavy atom. The molecular weight excluding hydrogens is 985 g/mol. The molecule has 0 spiro atoms. The molecule has 0 saturated carbocycles. The second-order valence-electron chi connectivity index (χ2n) is 22.0. The summed E-state index contributed by atoms with van der Waals surface area (Å²) in [6.45, 7) is 6.46. The summed E-state index contributed by atoms with van der Waals surface area (Å²) in [6, 6.07) is 0. The van der Waals surface area contributed by atoms with Crippen LogP contribution in [-0.4, -0.2) is 37.2 Å². The largest absolute Gasteiger partial charge is 0.462 e. The number of ether oxygens (including phenoxy) is 3. The van der Waals surface area contributed by atoms with E-state index in [0.717, 1.165) is 154 Å². The molecule has 0 aromatic carbocycles. The summed E-state index contributed by atoms with van der Waals surface area (Å²) in [6.07, 6.45) is 93.5. The summed E-state index contributed by atoms with van der Waals surface area (Å²) in [5.74, 6) is -0.923. The lowest BCUT2D eigenvalue weighted by Gasteiger charge is -2.18. The molecule has 0 aliphatic rings. The summed E-state index contributed by atoms with van der Waals surface area (Å²) in [5, 5.41) is 0. The number of allylic oxidation sites excluding steroid dienone is 20. The van der Waals surface area contributed by atoms with Gasteiger partial charge in [0.1, 0.15) is 13.2 Å². The third-order valence-corrected chi connectivity index (χ3v) is 14.2. The Bertz CT molecular complexity index is 1650. The Balaban J connectivity index is 4.37. The van der Waals surface area contributed by atoms with Crippen LogP contribution in [0.15, 0.2) is 122 Å². The fourth-order valence-electron chi connectivity index (χ4n) is 9.20. The molecule has 0 saturated heterocycles. The van der Waals surface area contributed by atoms with E-state index in [2.05, 4.69) is 142 Å². The zero-order valence-electron chi connectivity index (χ0n) is 52.3. The monoisotopic (exact) mass is 1110 g/mol. The van der Waals surface area contributed by atoms with Crippen LogP contribution in [0.1, 0.15) is 310 Å². The Labute approximate surface area is 494 Å². The van der Waals surface area contributed by atoms with Crippen molar-refractivity contribution in [2.75, 3.05) is 13.2 Å². The molecule has 0 rings (SSSR count). The van der Waals surface area contributed by atoms with Gasteiger partial charge in [-0.3, -0.25) is 14.4 Å². The Morgan fingerprint density at radius 1 is 0.263 bits per heavy atom. The lowest BCUT2D eigenvalue weighted by molar-refractivity contribution is -0.167. The van der Waals surface area contributed by atoms with Gasteiger partial charge in [0.05, 0.1) is 0 Å². The minimum absolute atomic E-state index is 0.0934. The van der Waals surface area contributed by atoms with Gasteiger partial charge in [0.2, 0.25) is 0 Å². The minimum Gasteiger partial charge on any atom is -0.462 e. The van der Waals surface area contributed by atoms with Crippen molar-refractivity contribution in [2.45, 2.75) is 316 Å². The van der Waals surface area contributed by atoms with Gasteiger partial charge in [0.15, 0.2) is 6.10 Å². The maximum atomic E-state index is 12.9. The number of esters is 3. The predicted molar refractivity (Wildman–Crippen MR) is 348 cm³/mol. The average molecular weight is 1110 g/mol. The highest BCUT2D eigenvalue weighted by Gasteiger charge is 2.19. The number of rotatable bonds is 60. The van der Waals surface area contributed by atoms with Gasteiger partial charge in [-0.05, 0) is 109 Å². The van der Waals surface area contributed by atoms with E-state index < -0.39 is 6.10 Å². The van der Waals surface area contributed by atoms with E-state index in [1.54, 1.807) is 0 Å². The average Bonchev–Trinajstić information content (AvgIpc) is 3.46. The third kappa shape index (κ3) is 64.6. The third-order valence-electron chi connectivity index (χ3n) is 14.2. The van der Waals surface area contributed by atoms with Crippen molar-refractivity contribution >= 4 is 17.9 Å². The molecule has 80 heavy (non-hydrogen) atoms. The number of hydrogen-bond donors (Lipinski definition) is 0. The number of unbranched alkanes of at least 4 members (excludes halogenated alkanes) is 29. The highest BCUT2D eigenvalue weighted by molar-refractivity contribution is 5.71. The standard InChI is InChI=1S/C74H124O6/c1-4-7-10-13-16-19-22-25-27-29-31-33-34-35-36-37-38-39-40-41-43-44-46-49-52-55-58-61-64-67-73(76)79-70-71(69-78-72(75)66-63-60-57-54-51-48-24-21-18-15-12-9-6-3)80-74(77)68-65-62-59-56-53-50-47-45-42-32-30-28-26-23-20-17-14-11-8-5-2/h7,10,12,15-16,19,21,24-25,27,31,33,35-36,38-39,41,43,46,49,71H,4-6,8-9,11,13-14,17-18,20,22-23,26,28-30,32,34,37,40,42,44-45,47-48,50-70H2,1-3H3/b10-7-,15-12-,19-16-,24-21-,27-25-,33-31-,36-35-,39-38-,43-41-,49-46-. The molecular formula is C74H124O6. The van der Waals surface area contributed by atoms with Gasteiger partial charge < -0.3 is 14.2 Å². The van der Waals surface area contributed by atoms with Crippen LogP contribution < -0.4 is 0 Å². The summed E-state index contributed by atoms with van der Waals surface area (Å²) < 4.78 is 16.9. The van der Waals surface area contributed by atoms with Crippen LogP contribution in [0.5, 0.6) is 0 Å². The zero-order chi connectivity index (χ0) is 57.8. The first kappa shape index (κ1) is 75.8. The molecule has 1 atom stereocenters. The zero-order valence-corrected chi connectivity index (χ0v) is 52.3. The summed E-state index contributed by atoms with van der Waals surface area (Å²) >= 11 is 0. The molecule has 0 bridgehead atoms. The molecule has 0 N–H and O–H groups in total. The van der Waals surface area contributed by atoms with Crippen molar-refractivity contribution in [2.24, 2.45) is 0 Å². The van der Waals surface area contributed by atoms with E-state index in [-0.39, 0.29) is 31.1 Å². The fraction of sp³-hybridized carbons (Fsp3) is 0.689. The molecule has 0 aliphatic heterocycles. The van der Waals surface area contributed by atoms with Crippen molar-refractivity contribution in [1.29, 1.82) is 0 Å². The molecule has 0 aromatic rings. The molecule has 0 aliphatic carbocycles. The van der Waals surface area contributed by atoms with Crippen molar-refractivity contribution in [3.63, 3.8) is 0 Å². The van der Waals surface area contributed by atoms with E-state index in [1.807, 2.05) is 0 Å². The fourth-order valence-corrected chi connectivity index (χ4v) is 9.20. The molecule has 0 heterocycles. The maximum absolute atomic E-state index is 12.9.